The number of ether oxygens (including phenoxy) is 1. The van der Waals surface area contributed by atoms with Crippen LogP contribution in [0.1, 0.15) is 18.9 Å². The van der Waals surface area contributed by atoms with E-state index in [0.29, 0.717) is 6.10 Å². The molecule has 0 radical (unpaired) electrons. The lowest BCUT2D eigenvalue weighted by atomic mass is 10.1. The molecular formula is C18H26N2O. The highest BCUT2D eigenvalue weighted by molar-refractivity contribution is 5.59. The van der Waals surface area contributed by atoms with Crippen molar-refractivity contribution in [2.24, 2.45) is 0 Å². The van der Waals surface area contributed by atoms with E-state index in [9.17, 15) is 0 Å². The smallest absolute Gasteiger partial charge is 0.142 e. The van der Waals surface area contributed by atoms with E-state index in [0.717, 1.165) is 50.5 Å². The van der Waals surface area contributed by atoms with Crippen LogP contribution in [0.2, 0.25) is 0 Å². The van der Waals surface area contributed by atoms with Crippen molar-refractivity contribution in [1.82, 2.24) is 4.90 Å². The molecule has 21 heavy (non-hydrogen) atoms. The van der Waals surface area contributed by atoms with Crippen molar-refractivity contribution in [3.8, 4) is 5.75 Å². The van der Waals surface area contributed by atoms with Crippen LogP contribution in [0.5, 0.6) is 5.75 Å². The molecule has 1 aliphatic rings. The van der Waals surface area contributed by atoms with Crippen molar-refractivity contribution < 1.29 is 4.74 Å². The Hall–Kier alpha value is -1.74. The van der Waals surface area contributed by atoms with Crippen molar-refractivity contribution in [2.45, 2.75) is 25.9 Å². The Balaban J connectivity index is 1.95. The van der Waals surface area contributed by atoms with Gasteiger partial charge in [0.15, 0.2) is 0 Å². The Morgan fingerprint density at radius 3 is 2.76 bits per heavy atom. The van der Waals surface area contributed by atoms with Gasteiger partial charge in [0.05, 0.1) is 12.2 Å². The lowest BCUT2D eigenvalue weighted by Crippen LogP contribution is -2.30. The molecule has 1 unspecified atom stereocenters. The molecule has 0 spiro atoms. The molecule has 0 aliphatic carbocycles. The predicted octanol–water partition coefficient (Wildman–Crippen LogP) is 3.49. The topological polar surface area (TPSA) is 24.5 Å². The summed E-state index contributed by atoms with van der Waals surface area (Å²) in [7, 11) is 0. The van der Waals surface area contributed by atoms with Crippen LogP contribution >= 0.6 is 0 Å². The van der Waals surface area contributed by atoms with E-state index in [1.165, 1.54) is 5.56 Å². The third kappa shape index (κ3) is 4.36. The Morgan fingerprint density at radius 2 is 2.10 bits per heavy atom. The zero-order valence-corrected chi connectivity index (χ0v) is 13.0. The summed E-state index contributed by atoms with van der Waals surface area (Å²) in [6, 6.07) is 6.46. The molecule has 2 rings (SSSR count). The van der Waals surface area contributed by atoms with Gasteiger partial charge in [-0.1, -0.05) is 25.1 Å². The Kier molecular flexibility index (Phi) is 5.88. The number of anilines is 1. The SMILES string of the molecule is C=CCN(CC=C)CCc1ccc2c(c1)NCC(CC)O2. The first-order valence-electron chi connectivity index (χ1n) is 7.74. The fourth-order valence-corrected chi connectivity index (χ4v) is 2.56. The van der Waals surface area contributed by atoms with Crippen LogP contribution in [0.3, 0.4) is 0 Å². The standard InChI is InChI=1S/C18H26N2O/c1-4-10-20(11-5-2)12-9-15-7-8-18-17(13-15)19-14-16(6-3)21-18/h4-5,7-8,13,16,19H,1-2,6,9-12,14H2,3H3. The predicted molar refractivity (Wildman–Crippen MR) is 90.2 cm³/mol. The van der Waals surface area contributed by atoms with Crippen molar-refractivity contribution in [3.05, 3.63) is 49.1 Å². The maximum atomic E-state index is 5.94. The van der Waals surface area contributed by atoms with Gasteiger partial charge in [-0.15, -0.1) is 13.2 Å². The molecule has 1 aromatic rings. The highest BCUT2D eigenvalue weighted by atomic mass is 16.5. The first kappa shape index (κ1) is 15.6. The molecule has 1 aromatic carbocycles. The van der Waals surface area contributed by atoms with Gasteiger partial charge in [0, 0.05) is 19.6 Å². The van der Waals surface area contributed by atoms with E-state index in [-0.39, 0.29) is 0 Å². The van der Waals surface area contributed by atoms with Crippen molar-refractivity contribution in [2.75, 3.05) is 31.5 Å². The fourth-order valence-electron chi connectivity index (χ4n) is 2.56. The second-order valence-electron chi connectivity index (χ2n) is 5.45. The summed E-state index contributed by atoms with van der Waals surface area (Å²) in [6.07, 6.45) is 6.23. The molecule has 3 heteroatoms. The summed E-state index contributed by atoms with van der Waals surface area (Å²) in [5.74, 6) is 0.978. The van der Waals surface area contributed by atoms with Gasteiger partial charge in [0.1, 0.15) is 11.9 Å². The maximum absolute atomic E-state index is 5.94. The van der Waals surface area contributed by atoms with Crippen molar-refractivity contribution >= 4 is 5.69 Å². The zero-order chi connectivity index (χ0) is 15.1. The normalized spacial score (nSPS) is 16.8. The van der Waals surface area contributed by atoms with Gasteiger partial charge >= 0.3 is 0 Å². The molecule has 0 amide bonds. The first-order valence-corrected chi connectivity index (χ1v) is 7.74. The van der Waals surface area contributed by atoms with Gasteiger partial charge in [-0.25, -0.2) is 0 Å². The summed E-state index contributed by atoms with van der Waals surface area (Å²) in [5, 5.41) is 3.47. The van der Waals surface area contributed by atoms with Crippen LogP contribution in [0.25, 0.3) is 0 Å². The van der Waals surface area contributed by atoms with Gasteiger partial charge < -0.3 is 10.1 Å². The van der Waals surface area contributed by atoms with Gasteiger partial charge in [0.2, 0.25) is 0 Å². The van der Waals surface area contributed by atoms with Crippen LogP contribution < -0.4 is 10.1 Å². The number of nitrogens with one attached hydrogen (secondary N) is 1. The molecule has 0 saturated heterocycles. The van der Waals surface area contributed by atoms with E-state index >= 15 is 0 Å². The molecule has 1 heterocycles. The zero-order valence-electron chi connectivity index (χ0n) is 13.0. The molecule has 3 nitrogen and oxygen atoms in total. The molecule has 0 bridgehead atoms. The van der Waals surface area contributed by atoms with Gasteiger partial charge in [-0.05, 0) is 30.5 Å². The minimum atomic E-state index is 0.291. The number of nitrogens with zero attached hydrogens (tertiary/aromatic N) is 1. The number of hydrogen-bond donors (Lipinski definition) is 1. The molecule has 0 fully saturated rings. The lowest BCUT2D eigenvalue weighted by molar-refractivity contribution is 0.202. The third-order valence-electron chi connectivity index (χ3n) is 3.80. The fraction of sp³-hybridized carbons (Fsp3) is 0.444. The van der Waals surface area contributed by atoms with Crippen LogP contribution in [-0.4, -0.2) is 37.2 Å². The third-order valence-corrected chi connectivity index (χ3v) is 3.80. The molecule has 1 atom stereocenters. The maximum Gasteiger partial charge on any atom is 0.142 e. The summed E-state index contributed by atoms with van der Waals surface area (Å²) in [4.78, 5) is 2.33. The Bertz CT molecular complexity index is 474. The average molecular weight is 286 g/mol. The summed E-state index contributed by atoms with van der Waals surface area (Å²) in [5.41, 5.74) is 2.45. The first-order chi connectivity index (χ1) is 10.3. The number of benzene rings is 1. The highest BCUT2D eigenvalue weighted by Crippen LogP contribution is 2.30. The molecule has 114 valence electrons. The number of fused-ring (bicyclic) bond motifs is 1. The second-order valence-corrected chi connectivity index (χ2v) is 5.45. The Morgan fingerprint density at radius 1 is 1.33 bits per heavy atom. The quantitative estimate of drug-likeness (QED) is 0.740. The lowest BCUT2D eigenvalue weighted by Gasteiger charge is -2.27. The minimum absolute atomic E-state index is 0.291. The molecule has 0 aromatic heterocycles. The van der Waals surface area contributed by atoms with E-state index in [2.05, 4.69) is 48.5 Å². The van der Waals surface area contributed by atoms with Crippen molar-refractivity contribution in [1.29, 1.82) is 0 Å². The molecule has 0 saturated carbocycles. The van der Waals surface area contributed by atoms with E-state index in [1.807, 2.05) is 12.2 Å². The monoisotopic (exact) mass is 286 g/mol. The van der Waals surface area contributed by atoms with Gasteiger partial charge in [-0.2, -0.15) is 0 Å². The van der Waals surface area contributed by atoms with E-state index in [4.69, 9.17) is 4.74 Å². The molecule has 1 N–H and O–H groups in total. The van der Waals surface area contributed by atoms with Crippen LogP contribution in [0, 0.1) is 0 Å². The summed E-state index contributed by atoms with van der Waals surface area (Å²) < 4.78 is 5.94. The Labute approximate surface area is 128 Å². The highest BCUT2D eigenvalue weighted by Gasteiger charge is 2.17. The average Bonchev–Trinajstić information content (AvgIpc) is 2.52. The number of hydrogen-bond acceptors (Lipinski definition) is 3. The van der Waals surface area contributed by atoms with Gasteiger partial charge in [-0.3, -0.25) is 4.90 Å². The number of rotatable bonds is 8. The van der Waals surface area contributed by atoms with E-state index in [1.54, 1.807) is 0 Å². The van der Waals surface area contributed by atoms with Crippen molar-refractivity contribution in [3.63, 3.8) is 0 Å². The van der Waals surface area contributed by atoms with Gasteiger partial charge in [0.25, 0.3) is 0 Å². The van der Waals surface area contributed by atoms with Crippen LogP contribution in [0.15, 0.2) is 43.5 Å². The minimum Gasteiger partial charge on any atom is -0.486 e. The molecular weight excluding hydrogens is 260 g/mol. The van der Waals surface area contributed by atoms with E-state index < -0.39 is 0 Å². The molecule has 1 aliphatic heterocycles. The summed E-state index contributed by atoms with van der Waals surface area (Å²) >= 11 is 0. The second kappa shape index (κ2) is 7.89. The van der Waals surface area contributed by atoms with Crippen LogP contribution in [-0.2, 0) is 6.42 Å². The van der Waals surface area contributed by atoms with Crippen LogP contribution in [0.4, 0.5) is 5.69 Å². The largest absolute Gasteiger partial charge is 0.486 e. The summed E-state index contributed by atoms with van der Waals surface area (Å²) in [6.45, 7) is 13.5.